The van der Waals surface area contributed by atoms with Crippen LogP contribution in [0.3, 0.4) is 0 Å². The number of fused-ring (bicyclic) bond motifs is 1. The molecule has 0 aliphatic heterocycles. The van der Waals surface area contributed by atoms with Crippen LogP contribution in [0.2, 0.25) is 0 Å². The molecule has 1 unspecified atom stereocenters. The van der Waals surface area contributed by atoms with E-state index in [0.717, 1.165) is 10.9 Å². The van der Waals surface area contributed by atoms with Crippen molar-refractivity contribution in [2.75, 3.05) is 6.67 Å². The topological polar surface area (TPSA) is 33.1 Å². The third-order valence-corrected chi connectivity index (χ3v) is 2.16. The van der Waals surface area contributed by atoms with Crippen LogP contribution in [0.5, 0.6) is 0 Å². The van der Waals surface area contributed by atoms with Crippen molar-refractivity contribution in [1.82, 2.24) is 4.98 Å². The largest absolute Gasteiger partial charge is 0.386 e. The van der Waals surface area contributed by atoms with Gasteiger partial charge in [0.15, 0.2) is 0 Å². The van der Waals surface area contributed by atoms with E-state index < -0.39 is 12.8 Å². The quantitative estimate of drug-likeness (QED) is 0.789. The van der Waals surface area contributed by atoms with E-state index in [1.165, 1.54) is 0 Å². The zero-order chi connectivity index (χ0) is 9.97. The molecule has 1 atom stereocenters. The fraction of sp³-hybridized carbons (Fsp3) is 0.182. The highest BCUT2D eigenvalue weighted by atomic mass is 19.1. The van der Waals surface area contributed by atoms with Gasteiger partial charge in [0.2, 0.25) is 0 Å². The minimum absolute atomic E-state index is 0.568. The minimum Gasteiger partial charge on any atom is -0.386 e. The van der Waals surface area contributed by atoms with Gasteiger partial charge < -0.3 is 5.11 Å². The molecule has 1 aromatic heterocycles. The van der Waals surface area contributed by atoms with E-state index in [1.54, 1.807) is 18.3 Å². The molecular weight excluding hydrogens is 181 g/mol. The molecule has 2 rings (SSSR count). The fourth-order valence-electron chi connectivity index (χ4n) is 1.38. The summed E-state index contributed by atoms with van der Waals surface area (Å²) < 4.78 is 12.2. The third-order valence-electron chi connectivity index (χ3n) is 2.16. The Bertz CT molecular complexity index is 444. The Morgan fingerprint density at radius 2 is 2.21 bits per heavy atom. The highest BCUT2D eigenvalue weighted by Gasteiger charge is 2.06. The Morgan fingerprint density at radius 1 is 1.36 bits per heavy atom. The van der Waals surface area contributed by atoms with Crippen molar-refractivity contribution in [3.8, 4) is 0 Å². The Morgan fingerprint density at radius 3 is 3.00 bits per heavy atom. The van der Waals surface area contributed by atoms with Gasteiger partial charge >= 0.3 is 0 Å². The Balaban J connectivity index is 2.51. The van der Waals surface area contributed by atoms with Gasteiger partial charge in [0.05, 0.1) is 5.52 Å². The van der Waals surface area contributed by atoms with Crippen LogP contribution in [0.15, 0.2) is 36.5 Å². The third kappa shape index (κ3) is 1.59. The van der Waals surface area contributed by atoms with Gasteiger partial charge in [-0.3, -0.25) is 4.98 Å². The lowest BCUT2D eigenvalue weighted by molar-refractivity contribution is 0.142. The average molecular weight is 191 g/mol. The molecule has 1 heterocycles. The molecule has 1 aromatic carbocycles. The van der Waals surface area contributed by atoms with Crippen molar-refractivity contribution >= 4 is 10.9 Å². The number of hydrogen-bond acceptors (Lipinski definition) is 2. The van der Waals surface area contributed by atoms with E-state index in [4.69, 9.17) is 0 Å². The second-order valence-electron chi connectivity index (χ2n) is 3.13. The van der Waals surface area contributed by atoms with Gasteiger partial charge in [0.1, 0.15) is 12.8 Å². The minimum atomic E-state index is -1.04. The molecule has 0 saturated heterocycles. The summed E-state index contributed by atoms with van der Waals surface area (Å²) in [7, 11) is 0. The first-order valence-corrected chi connectivity index (χ1v) is 4.40. The average Bonchev–Trinajstić information content (AvgIpc) is 2.27. The van der Waals surface area contributed by atoms with Crippen LogP contribution < -0.4 is 0 Å². The van der Waals surface area contributed by atoms with Crippen molar-refractivity contribution in [2.24, 2.45) is 0 Å². The number of pyridine rings is 1. The molecule has 0 aliphatic rings. The zero-order valence-corrected chi connectivity index (χ0v) is 7.52. The van der Waals surface area contributed by atoms with Crippen molar-refractivity contribution in [1.29, 1.82) is 0 Å². The molecule has 0 saturated carbocycles. The number of benzene rings is 1. The van der Waals surface area contributed by atoms with Gasteiger partial charge in [-0.15, -0.1) is 0 Å². The van der Waals surface area contributed by atoms with Crippen molar-refractivity contribution in [3.05, 3.63) is 42.1 Å². The van der Waals surface area contributed by atoms with Gasteiger partial charge in [0, 0.05) is 11.6 Å². The second-order valence-corrected chi connectivity index (χ2v) is 3.13. The standard InChI is InChI=1S/C11H10FNO/c12-7-11(14)9-4-3-8-2-1-5-13-10(8)6-9/h1-6,11,14H,7H2. The molecule has 3 heteroatoms. The van der Waals surface area contributed by atoms with Crippen LogP contribution >= 0.6 is 0 Å². The molecule has 0 fully saturated rings. The molecule has 2 nitrogen and oxygen atoms in total. The Hall–Kier alpha value is -1.48. The number of aliphatic hydroxyl groups is 1. The fourth-order valence-corrected chi connectivity index (χ4v) is 1.38. The molecule has 0 aliphatic carbocycles. The molecule has 0 spiro atoms. The number of hydrogen-bond donors (Lipinski definition) is 1. The monoisotopic (exact) mass is 191 g/mol. The van der Waals surface area contributed by atoms with Crippen LogP contribution in [0.25, 0.3) is 10.9 Å². The van der Waals surface area contributed by atoms with E-state index in [-0.39, 0.29) is 0 Å². The van der Waals surface area contributed by atoms with Gasteiger partial charge in [-0.2, -0.15) is 0 Å². The molecule has 0 bridgehead atoms. The number of halogens is 1. The SMILES string of the molecule is OC(CF)c1ccc2cccnc2c1. The first-order valence-electron chi connectivity index (χ1n) is 4.40. The number of alkyl halides is 1. The number of nitrogens with zero attached hydrogens (tertiary/aromatic N) is 1. The Labute approximate surface area is 81.0 Å². The van der Waals surface area contributed by atoms with Crippen molar-refractivity contribution < 1.29 is 9.50 Å². The van der Waals surface area contributed by atoms with Crippen LogP contribution in [-0.2, 0) is 0 Å². The summed E-state index contributed by atoms with van der Waals surface area (Å²) in [5.41, 5.74) is 1.34. The summed E-state index contributed by atoms with van der Waals surface area (Å²) in [5.74, 6) is 0. The summed E-state index contributed by atoms with van der Waals surface area (Å²) >= 11 is 0. The van der Waals surface area contributed by atoms with E-state index >= 15 is 0 Å². The summed E-state index contributed by atoms with van der Waals surface area (Å²) in [6.07, 6.45) is 0.634. The van der Waals surface area contributed by atoms with Gasteiger partial charge in [-0.25, -0.2) is 4.39 Å². The predicted molar refractivity (Wildman–Crippen MR) is 52.7 cm³/mol. The molecular formula is C11H10FNO. The Kier molecular flexibility index (Phi) is 2.41. The molecule has 1 N–H and O–H groups in total. The lowest BCUT2D eigenvalue weighted by Gasteiger charge is -2.06. The summed E-state index contributed by atoms with van der Waals surface area (Å²) in [6, 6.07) is 9.02. The van der Waals surface area contributed by atoms with Crippen molar-refractivity contribution in [3.63, 3.8) is 0 Å². The smallest absolute Gasteiger partial charge is 0.119 e. The van der Waals surface area contributed by atoms with E-state index in [1.807, 2.05) is 18.2 Å². The maximum absolute atomic E-state index is 12.2. The van der Waals surface area contributed by atoms with E-state index in [9.17, 15) is 9.50 Å². The summed E-state index contributed by atoms with van der Waals surface area (Å²) in [5, 5.41) is 10.3. The number of rotatable bonds is 2. The van der Waals surface area contributed by atoms with Crippen LogP contribution in [0, 0.1) is 0 Å². The zero-order valence-electron chi connectivity index (χ0n) is 7.52. The van der Waals surface area contributed by atoms with Crippen molar-refractivity contribution in [2.45, 2.75) is 6.10 Å². The predicted octanol–water partition coefficient (Wildman–Crippen LogP) is 2.24. The number of aromatic nitrogens is 1. The maximum atomic E-state index is 12.2. The lowest BCUT2D eigenvalue weighted by atomic mass is 10.1. The molecule has 72 valence electrons. The van der Waals surface area contributed by atoms with Crippen LogP contribution in [-0.4, -0.2) is 16.8 Å². The molecule has 0 radical (unpaired) electrons. The number of aliphatic hydroxyl groups excluding tert-OH is 1. The van der Waals surface area contributed by atoms with E-state index in [2.05, 4.69) is 4.98 Å². The van der Waals surface area contributed by atoms with E-state index in [0.29, 0.717) is 5.56 Å². The molecule has 0 amide bonds. The highest BCUT2D eigenvalue weighted by molar-refractivity contribution is 5.78. The van der Waals surface area contributed by atoms with Crippen LogP contribution in [0.4, 0.5) is 4.39 Å². The first kappa shape index (κ1) is 9.09. The van der Waals surface area contributed by atoms with Gasteiger partial charge in [0.25, 0.3) is 0 Å². The molecule has 14 heavy (non-hydrogen) atoms. The van der Waals surface area contributed by atoms with Gasteiger partial charge in [-0.05, 0) is 17.7 Å². The van der Waals surface area contributed by atoms with Gasteiger partial charge in [-0.1, -0.05) is 18.2 Å². The summed E-state index contributed by atoms with van der Waals surface area (Å²) in [6.45, 7) is -0.766. The highest BCUT2D eigenvalue weighted by Crippen LogP contribution is 2.18. The second kappa shape index (κ2) is 3.72. The summed E-state index contributed by atoms with van der Waals surface area (Å²) in [4.78, 5) is 4.12. The molecule has 2 aromatic rings. The van der Waals surface area contributed by atoms with Crippen LogP contribution in [0.1, 0.15) is 11.7 Å². The maximum Gasteiger partial charge on any atom is 0.119 e. The lowest BCUT2D eigenvalue weighted by Crippen LogP contribution is -1.98. The normalized spacial score (nSPS) is 13.0. The first-order chi connectivity index (χ1) is 6.81.